The van der Waals surface area contributed by atoms with E-state index >= 15 is 0 Å². The van der Waals surface area contributed by atoms with Crippen LogP contribution >= 0.6 is 11.6 Å². The Kier molecular flexibility index (Phi) is 5.39. The highest BCUT2D eigenvalue weighted by atomic mass is 35.5. The van der Waals surface area contributed by atoms with Crippen molar-refractivity contribution in [1.29, 1.82) is 0 Å². The first-order valence-electron chi connectivity index (χ1n) is 10.9. The van der Waals surface area contributed by atoms with Crippen molar-refractivity contribution in [3.05, 3.63) is 58.6 Å². The number of halogens is 1. The zero-order valence-electron chi connectivity index (χ0n) is 18.0. The summed E-state index contributed by atoms with van der Waals surface area (Å²) in [6.45, 7) is 0.663. The van der Waals surface area contributed by atoms with Crippen LogP contribution in [-0.4, -0.2) is 54.0 Å². The number of carbonyl (C=O) groups is 3. The first kappa shape index (κ1) is 21.9. The SMILES string of the molecule is COCCCN1C(=O)[C@@H]2C(Cc3ccc(O)cc3)NC3(C(=O)Nc4ccc(Cl)cc43)[C@@H]2C1=O. The molecule has 1 spiro atoms. The fourth-order valence-electron chi connectivity index (χ4n) is 5.48. The Balaban J connectivity index is 1.58. The predicted octanol–water partition coefficient (Wildman–Crippen LogP) is 2.05. The van der Waals surface area contributed by atoms with Crippen LogP contribution in [0.2, 0.25) is 5.02 Å². The van der Waals surface area contributed by atoms with Gasteiger partial charge in [0, 0.05) is 42.6 Å². The van der Waals surface area contributed by atoms with Gasteiger partial charge >= 0.3 is 0 Å². The summed E-state index contributed by atoms with van der Waals surface area (Å²) >= 11 is 6.27. The Morgan fingerprint density at radius 2 is 1.88 bits per heavy atom. The van der Waals surface area contributed by atoms with Crippen LogP contribution in [0.25, 0.3) is 0 Å². The molecule has 3 N–H and O–H groups in total. The number of phenols is 1. The number of methoxy groups -OCH3 is 1. The Morgan fingerprint density at radius 3 is 2.61 bits per heavy atom. The van der Waals surface area contributed by atoms with E-state index in [1.807, 2.05) is 0 Å². The number of likely N-dealkylation sites (tertiary alicyclic amines) is 1. The first-order valence-corrected chi connectivity index (χ1v) is 11.3. The van der Waals surface area contributed by atoms with Crippen molar-refractivity contribution in [2.75, 3.05) is 25.6 Å². The molecule has 8 nitrogen and oxygen atoms in total. The van der Waals surface area contributed by atoms with Gasteiger partial charge < -0.3 is 15.2 Å². The van der Waals surface area contributed by atoms with Gasteiger partial charge in [0.2, 0.25) is 17.7 Å². The van der Waals surface area contributed by atoms with Crippen molar-refractivity contribution in [3.63, 3.8) is 0 Å². The van der Waals surface area contributed by atoms with Gasteiger partial charge in [-0.1, -0.05) is 23.7 Å². The average molecular weight is 470 g/mol. The van der Waals surface area contributed by atoms with Gasteiger partial charge in [0.25, 0.3) is 0 Å². The second-order valence-electron chi connectivity index (χ2n) is 8.75. The summed E-state index contributed by atoms with van der Waals surface area (Å²) in [5, 5.41) is 16.3. The molecule has 3 amide bonds. The third-order valence-corrected chi connectivity index (χ3v) is 7.13. The van der Waals surface area contributed by atoms with Gasteiger partial charge in [0.1, 0.15) is 11.3 Å². The molecule has 9 heteroatoms. The van der Waals surface area contributed by atoms with E-state index in [1.165, 1.54) is 4.90 Å². The fourth-order valence-corrected chi connectivity index (χ4v) is 5.65. The van der Waals surface area contributed by atoms with Gasteiger partial charge in [0.05, 0.1) is 11.8 Å². The van der Waals surface area contributed by atoms with Crippen LogP contribution in [0.5, 0.6) is 5.75 Å². The van der Waals surface area contributed by atoms with E-state index in [1.54, 1.807) is 49.6 Å². The predicted molar refractivity (Wildman–Crippen MR) is 121 cm³/mol. The lowest BCUT2D eigenvalue weighted by molar-refractivity contribution is -0.143. The lowest BCUT2D eigenvalue weighted by Crippen LogP contribution is -2.53. The zero-order valence-corrected chi connectivity index (χ0v) is 18.8. The lowest BCUT2D eigenvalue weighted by Gasteiger charge is -2.29. The van der Waals surface area contributed by atoms with Gasteiger partial charge in [-0.3, -0.25) is 24.6 Å². The largest absolute Gasteiger partial charge is 0.508 e. The molecule has 4 atom stereocenters. The number of hydrogen-bond donors (Lipinski definition) is 3. The minimum atomic E-state index is -1.38. The summed E-state index contributed by atoms with van der Waals surface area (Å²) in [7, 11) is 1.57. The maximum absolute atomic E-state index is 13.6. The molecule has 3 aliphatic heterocycles. The zero-order chi connectivity index (χ0) is 23.3. The summed E-state index contributed by atoms with van der Waals surface area (Å²) in [4.78, 5) is 41.8. The minimum absolute atomic E-state index is 0.141. The molecule has 2 saturated heterocycles. The first-order chi connectivity index (χ1) is 15.9. The molecule has 3 aliphatic rings. The van der Waals surface area contributed by atoms with E-state index < -0.39 is 23.4 Å². The molecular weight excluding hydrogens is 446 g/mol. The second kappa shape index (κ2) is 8.13. The number of fused-ring (bicyclic) bond motifs is 4. The normalized spacial score (nSPS) is 27.9. The number of rotatable bonds is 6. The number of aromatic hydroxyl groups is 1. The van der Waals surface area contributed by atoms with Gasteiger partial charge in [-0.25, -0.2) is 0 Å². The van der Waals surface area contributed by atoms with E-state index in [0.717, 1.165) is 5.56 Å². The number of hydrogen-bond acceptors (Lipinski definition) is 6. The van der Waals surface area contributed by atoms with Crippen LogP contribution in [0.4, 0.5) is 5.69 Å². The van der Waals surface area contributed by atoms with Crippen molar-refractivity contribution in [3.8, 4) is 5.75 Å². The number of nitrogens with one attached hydrogen (secondary N) is 2. The third-order valence-electron chi connectivity index (χ3n) is 6.89. The molecule has 5 rings (SSSR count). The van der Waals surface area contributed by atoms with E-state index in [9.17, 15) is 19.5 Å². The molecule has 0 bridgehead atoms. The molecule has 0 saturated carbocycles. The molecule has 0 radical (unpaired) electrons. The van der Waals surface area contributed by atoms with Crippen molar-refractivity contribution < 1.29 is 24.2 Å². The summed E-state index contributed by atoms with van der Waals surface area (Å²) in [5.74, 6) is -2.44. The highest BCUT2D eigenvalue weighted by Crippen LogP contribution is 2.53. The molecule has 0 aliphatic carbocycles. The van der Waals surface area contributed by atoms with Gasteiger partial charge in [-0.15, -0.1) is 0 Å². The highest BCUT2D eigenvalue weighted by molar-refractivity contribution is 6.31. The molecule has 2 aromatic rings. The van der Waals surface area contributed by atoms with E-state index in [4.69, 9.17) is 16.3 Å². The van der Waals surface area contributed by atoms with Crippen LogP contribution in [-0.2, 0) is 31.1 Å². The van der Waals surface area contributed by atoms with Gasteiger partial charge in [-0.2, -0.15) is 0 Å². The van der Waals surface area contributed by atoms with Crippen LogP contribution in [0.3, 0.4) is 0 Å². The maximum atomic E-state index is 13.6. The molecule has 33 heavy (non-hydrogen) atoms. The number of anilines is 1. The third kappa shape index (κ3) is 3.32. The molecule has 2 unspecified atom stereocenters. The van der Waals surface area contributed by atoms with E-state index in [0.29, 0.717) is 35.7 Å². The van der Waals surface area contributed by atoms with Crippen LogP contribution in [0.15, 0.2) is 42.5 Å². The molecule has 2 aromatic carbocycles. The van der Waals surface area contributed by atoms with Gasteiger partial charge in [-0.05, 0) is 48.7 Å². The second-order valence-corrected chi connectivity index (χ2v) is 9.19. The Bertz CT molecular complexity index is 1140. The van der Waals surface area contributed by atoms with Crippen LogP contribution in [0.1, 0.15) is 17.5 Å². The Hall–Kier alpha value is -2.94. The monoisotopic (exact) mass is 469 g/mol. The Morgan fingerprint density at radius 1 is 1.12 bits per heavy atom. The number of imide groups is 1. The summed E-state index contributed by atoms with van der Waals surface area (Å²) < 4.78 is 5.09. The molecular formula is C24H24ClN3O5. The van der Waals surface area contributed by atoms with Crippen molar-refractivity contribution in [2.24, 2.45) is 11.8 Å². The number of amides is 3. The standard InChI is InChI=1S/C24H24ClN3O5/c1-33-10-2-9-28-21(30)19-18(11-13-3-6-15(29)7-4-13)27-24(20(19)22(28)31)16-12-14(25)5-8-17(16)26-23(24)32/h3-8,12,18-20,27,29H,2,9-11H2,1H3,(H,26,32)/t18?,19-,20+,24?/m1/s1. The smallest absolute Gasteiger partial charge is 0.250 e. The fraction of sp³-hybridized carbons (Fsp3) is 0.375. The molecule has 172 valence electrons. The topological polar surface area (TPSA) is 108 Å². The number of phenolic OH excluding ortho intramolecular Hbond substituents is 1. The average Bonchev–Trinajstić information content (AvgIpc) is 3.36. The van der Waals surface area contributed by atoms with E-state index in [2.05, 4.69) is 10.6 Å². The number of ether oxygens (including phenoxy) is 1. The number of carbonyl (C=O) groups excluding carboxylic acids is 3. The van der Waals surface area contributed by atoms with Crippen LogP contribution < -0.4 is 10.6 Å². The highest BCUT2D eigenvalue weighted by Gasteiger charge is 2.70. The molecule has 2 fully saturated rings. The minimum Gasteiger partial charge on any atom is -0.508 e. The summed E-state index contributed by atoms with van der Waals surface area (Å²) in [6, 6.07) is 11.3. The Labute approximate surface area is 195 Å². The van der Waals surface area contributed by atoms with Crippen molar-refractivity contribution in [2.45, 2.75) is 24.4 Å². The molecule has 3 heterocycles. The quantitative estimate of drug-likeness (QED) is 0.441. The van der Waals surface area contributed by atoms with E-state index in [-0.39, 0.29) is 30.0 Å². The maximum Gasteiger partial charge on any atom is 0.250 e. The summed E-state index contributed by atoms with van der Waals surface area (Å²) in [6.07, 6.45) is 0.933. The number of nitrogens with zero attached hydrogens (tertiary/aromatic N) is 1. The summed E-state index contributed by atoms with van der Waals surface area (Å²) in [5.41, 5.74) is 0.668. The van der Waals surface area contributed by atoms with Crippen molar-refractivity contribution in [1.82, 2.24) is 10.2 Å². The van der Waals surface area contributed by atoms with Crippen molar-refractivity contribution >= 4 is 35.0 Å². The number of benzene rings is 2. The van der Waals surface area contributed by atoms with Gasteiger partial charge in [0.15, 0.2) is 0 Å². The molecule has 0 aromatic heterocycles. The van der Waals surface area contributed by atoms with Crippen LogP contribution in [0, 0.1) is 11.8 Å². The lowest BCUT2D eigenvalue weighted by atomic mass is 9.76.